The molecule has 5 nitrogen and oxygen atoms in total. The maximum absolute atomic E-state index is 11.5. The predicted octanol–water partition coefficient (Wildman–Crippen LogP) is 5.62. The first kappa shape index (κ1) is 23.6. The molecule has 0 unspecified atom stereocenters. The number of aromatic nitrogens is 1. The van der Waals surface area contributed by atoms with Crippen molar-refractivity contribution in [2.75, 3.05) is 26.4 Å². The van der Waals surface area contributed by atoms with E-state index in [1.54, 1.807) is 0 Å². The lowest BCUT2D eigenvalue weighted by Gasteiger charge is -2.40. The SMILES string of the molecule is CC(C)c1nc2c(c3c1[C@@H](c1ccc(C4(C)COC4)cc1)OC31CCOCC1)[C@@H](O)CC(C)(C)C2. The summed E-state index contributed by atoms with van der Waals surface area (Å²) in [6.45, 7) is 14.1. The van der Waals surface area contributed by atoms with Gasteiger partial charge in [0.25, 0.3) is 0 Å². The predicted molar refractivity (Wildman–Crippen MR) is 135 cm³/mol. The molecule has 5 heteroatoms. The summed E-state index contributed by atoms with van der Waals surface area (Å²) in [7, 11) is 0. The van der Waals surface area contributed by atoms with Gasteiger partial charge < -0.3 is 19.3 Å². The van der Waals surface area contributed by atoms with Crippen molar-refractivity contribution in [2.45, 2.75) is 89.4 Å². The topological polar surface area (TPSA) is 60.8 Å². The minimum Gasteiger partial charge on any atom is -0.388 e. The van der Waals surface area contributed by atoms with Crippen LogP contribution in [0.4, 0.5) is 0 Å². The third kappa shape index (κ3) is 3.69. The minimum atomic E-state index is -0.515. The van der Waals surface area contributed by atoms with E-state index >= 15 is 0 Å². The van der Waals surface area contributed by atoms with Gasteiger partial charge in [-0.1, -0.05) is 58.9 Å². The highest BCUT2D eigenvalue weighted by molar-refractivity contribution is 5.54. The van der Waals surface area contributed by atoms with E-state index in [1.165, 1.54) is 16.7 Å². The Morgan fingerprint density at radius 2 is 1.66 bits per heavy atom. The van der Waals surface area contributed by atoms with Gasteiger partial charge in [-0.2, -0.15) is 0 Å². The van der Waals surface area contributed by atoms with Crippen LogP contribution in [0.1, 0.15) is 111 Å². The second kappa shape index (κ2) is 8.11. The normalized spacial score (nSPS) is 28.0. The van der Waals surface area contributed by atoms with Crippen molar-refractivity contribution in [2.24, 2.45) is 5.41 Å². The van der Waals surface area contributed by atoms with Gasteiger partial charge in [-0.25, -0.2) is 0 Å². The molecule has 0 amide bonds. The number of pyridine rings is 1. The van der Waals surface area contributed by atoms with Crippen LogP contribution in [0.2, 0.25) is 0 Å². The molecular formula is C30H39NO4. The van der Waals surface area contributed by atoms with Gasteiger partial charge in [-0.15, -0.1) is 0 Å². The molecule has 3 aliphatic heterocycles. The Morgan fingerprint density at radius 3 is 2.26 bits per heavy atom. The Kier molecular flexibility index (Phi) is 5.47. The number of hydrogen-bond donors (Lipinski definition) is 1. The lowest BCUT2D eigenvalue weighted by atomic mass is 9.70. The highest BCUT2D eigenvalue weighted by Crippen LogP contribution is 2.57. The van der Waals surface area contributed by atoms with E-state index in [-0.39, 0.29) is 22.9 Å². The number of ether oxygens (including phenoxy) is 3. The maximum Gasteiger partial charge on any atom is 0.111 e. The van der Waals surface area contributed by atoms with E-state index in [0.29, 0.717) is 13.2 Å². The average molecular weight is 478 g/mol. The van der Waals surface area contributed by atoms with Crippen LogP contribution >= 0.6 is 0 Å². The number of hydrogen-bond acceptors (Lipinski definition) is 5. The van der Waals surface area contributed by atoms with Gasteiger partial charge in [0.2, 0.25) is 0 Å². The van der Waals surface area contributed by atoms with Crippen LogP contribution in [0, 0.1) is 5.41 Å². The fourth-order valence-corrected chi connectivity index (χ4v) is 6.81. The molecule has 2 aromatic rings. The number of aliphatic hydroxyl groups excluding tert-OH is 1. The van der Waals surface area contributed by atoms with Crippen molar-refractivity contribution in [3.8, 4) is 0 Å². The number of aliphatic hydroxyl groups is 1. The van der Waals surface area contributed by atoms with Gasteiger partial charge >= 0.3 is 0 Å². The van der Waals surface area contributed by atoms with E-state index in [9.17, 15) is 5.11 Å². The second-order valence-corrected chi connectivity index (χ2v) is 12.6. The Morgan fingerprint density at radius 1 is 0.971 bits per heavy atom. The first-order chi connectivity index (χ1) is 16.6. The van der Waals surface area contributed by atoms with Gasteiger partial charge in [0.05, 0.1) is 24.9 Å². The second-order valence-electron chi connectivity index (χ2n) is 12.6. The van der Waals surface area contributed by atoms with Crippen molar-refractivity contribution < 1.29 is 19.3 Å². The molecule has 1 N–H and O–H groups in total. The zero-order valence-electron chi connectivity index (χ0n) is 21.8. The Balaban J connectivity index is 1.53. The molecule has 1 aromatic carbocycles. The first-order valence-electron chi connectivity index (χ1n) is 13.3. The molecule has 0 bridgehead atoms. The zero-order chi connectivity index (χ0) is 24.6. The van der Waals surface area contributed by atoms with Gasteiger partial charge in [0, 0.05) is 54.0 Å². The number of fused-ring (bicyclic) bond motifs is 4. The summed E-state index contributed by atoms with van der Waals surface area (Å²) in [6, 6.07) is 8.95. The Bertz CT molecular complexity index is 1130. The molecule has 4 heterocycles. The molecule has 1 aromatic heterocycles. The van der Waals surface area contributed by atoms with Crippen LogP contribution in [0.15, 0.2) is 24.3 Å². The van der Waals surface area contributed by atoms with Crippen molar-refractivity contribution in [1.29, 1.82) is 0 Å². The molecule has 2 atom stereocenters. The van der Waals surface area contributed by atoms with Crippen molar-refractivity contribution in [3.63, 3.8) is 0 Å². The molecule has 0 saturated carbocycles. The van der Waals surface area contributed by atoms with Crippen molar-refractivity contribution >= 4 is 0 Å². The van der Waals surface area contributed by atoms with E-state index in [0.717, 1.165) is 61.4 Å². The fourth-order valence-electron chi connectivity index (χ4n) is 6.81. The molecule has 1 spiro atoms. The quantitative estimate of drug-likeness (QED) is 0.621. The van der Waals surface area contributed by atoms with Crippen LogP contribution in [0.5, 0.6) is 0 Å². The highest BCUT2D eigenvalue weighted by Gasteiger charge is 2.52. The first-order valence-corrected chi connectivity index (χ1v) is 13.3. The molecule has 188 valence electrons. The summed E-state index contributed by atoms with van der Waals surface area (Å²) in [4.78, 5) is 5.28. The standard InChI is InChI=1S/C30H39NO4/c1-18(2)26-24-25(23-21(31-26)14-28(3,4)15-22(23)32)30(10-12-33-13-11-30)35-27(24)19-6-8-20(9-7-19)29(5)16-34-17-29/h6-9,18,22,27,32H,10-17H2,1-5H3/t22-,27+/m0/s1. The van der Waals surface area contributed by atoms with E-state index in [1.807, 2.05) is 0 Å². The summed E-state index contributed by atoms with van der Waals surface area (Å²) in [5.41, 5.74) is 7.86. The van der Waals surface area contributed by atoms with Gasteiger partial charge in [0.1, 0.15) is 6.10 Å². The zero-order valence-corrected chi connectivity index (χ0v) is 21.8. The summed E-state index contributed by atoms with van der Waals surface area (Å²) in [5.74, 6) is 0.266. The fraction of sp³-hybridized carbons (Fsp3) is 0.633. The number of rotatable bonds is 3. The van der Waals surface area contributed by atoms with Crippen LogP contribution in [-0.4, -0.2) is 36.5 Å². The molecular weight excluding hydrogens is 438 g/mol. The molecule has 35 heavy (non-hydrogen) atoms. The minimum absolute atomic E-state index is 0.0286. The summed E-state index contributed by atoms with van der Waals surface area (Å²) in [6.07, 6.45) is 2.57. The Hall–Kier alpha value is -1.79. The van der Waals surface area contributed by atoms with E-state index in [4.69, 9.17) is 19.2 Å². The molecule has 0 radical (unpaired) electrons. The third-order valence-corrected chi connectivity index (χ3v) is 8.77. The van der Waals surface area contributed by atoms with Gasteiger partial charge in [0.15, 0.2) is 0 Å². The Labute approximate surface area is 209 Å². The monoisotopic (exact) mass is 477 g/mol. The van der Waals surface area contributed by atoms with Crippen molar-refractivity contribution in [3.05, 3.63) is 63.5 Å². The van der Waals surface area contributed by atoms with Crippen LogP contribution in [0.3, 0.4) is 0 Å². The largest absolute Gasteiger partial charge is 0.388 e. The number of nitrogens with zero attached hydrogens (tertiary/aromatic N) is 1. The maximum atomic E-state index is 11.5. The number of benzene rings is 1. The molecule has 6 rings (SSSR count). The summed E-state index contributed by atoms with van der Waals surface area (Å²) < 4.78 is 18.4. The lowest BCUT2D eigenvalue weighted by Crippen LogP contribution is -2.43. The van der Waals surface area contributed by atoms with Crippen LogP contribution < -0.4 is 0 Å². The molecule has 4 aliphatic rings. The van der Waals surface area contributed by atoms with Crippen molar-refractivity contribution in [1.82, 2.24) is 4.98 Å². The third-order valence-electron chi connectivity index (χ3n) is 8.77. The summed E-state index contributed by atoms with van der Waals surface area (Å²) >= 11 is 0. The molecule has 2 saturated heterocycles. The lowest BCUT2D eigenvalue weighted by molar-refractivity contribution is -0.122. The van der Waals surface area contributed by atoms with E-state index in [2.05, 4.69) is 58.9 Å². The van der Waals surface area contributed by atoms with Gasteiger partial charge in [-0.05, 0) is 40.9 Å². The summed E-state index contributed by atoms with van der Waals surface area (Å²) in [5, 5.41) is 11.5. The van der Waals surface area contributed by atoms with Gasteiger partial charge in [-0.3, -0.25) is 4.98 Å². The smallest absolute Gasteiger partial charge is 0.111 e. The van der Waals surface area contributed by atoms with Crippen LogP contribution in [0.25, 0.3) is 0 Å². The average Bonchev–Trinajstić information content (AvgIpc) is 3.10. The van der Waals surface area contributed by atoms with Crippen LogP contribution in [-0.2, 0) is 31.6 Å². The molecule has 1 aliphatic carbocycles. The highest BCUT2D eigenvalue weighted by atomic mass is 16.5. The van der Waals surface area contributed by atoms with E-state index < -0.39 is 11.7 Å². The molecule has 2 fully saturated rings.